The third-order valence-electron chi connectivity index (χ3n) is 2.20. The number of nitrogens with one attached hydrogen (secondary N) is 2. The number of rotatable bonds is 4. The van der Waals surface area contributed by atoms with E-state index in [1.807, 2.05) is 39.0 Å². The molecule has 0 unspecified atom stereocenters. The van der Waals surface area contributed by atoms with Crippen molar-refractivity contribution in [3.63, 3.8) is 0 Å². The zero-order valence-corrected chi connectivity index (χ0v) is 9.55. The molecule has 0 aliphatic heterocycles. The van der Waals surface area contributed by atoms with Crippen LogP contribution in [-0.4, -0.2) is 19.0 Å². The number of anilines is 1. The van der Waals surface area contributed by atoms with Gasteiger partial charge in [0.1, 0.15) is 0 Å². The van der Waals surface area contributed by atoms with Crippen LogP contribution in [0.3, 0.4) is 0 Å². The average molecular weight is 206 g/mol. The van der Waals surface area contributed by atoms with Gasteiger partial charge in [-0.15, -0.1) is 0 Å². The summed E-state index contributed by atoms with van der Waals surface area (Å²) in [6.45, 7) is 7.50. The molecule has 0 saturated heterocycles. The number of hydrogen-bond donors (Lipinski definition) is 2. The molecule has 1 amide bonds. The lowest BCUT2D eigenvalue weighted by atomic mass is 10.1. The van der Waals surface area contributed by atoms with Gasteiger partial charge < -0.3 is 10.6 Å². The molecule has 0 saturated carbocycles. The van der Waals surface area contributed by atoms with Crippen molar-refractivity contribution in [2.45, 2.75) is 20.8 Å². The van der Waals surface area contributed by atoms with Crippen LogP contribution in [0, 0.1) is 6.92 Å². The highest BCUT2D eigenvalue weighted by molar-refractivity contribution is 5.95. The number of amides is 1. The van der Waals surface area contributed by atoms with E-state index in [0.717, 1.165) is 17.8 Å². The molecule has 3 nitrogen and oxygen atoms in total. The molecule has 0 bridgehead atoms. The first-order valence-electron chi connectivity index (χ1n) is 5.31. The molecule has 15 heavy (non-hydrogen) atoms. The van der Waals surface area contributed by atoms with Crippen LogP contribution in [0.25, 0.3) is 0 Å². The predicted molar refractivity (Wildman–Crippen MR) is 63.3 cm³/mol. The maximum absolute atomic E-state index is 11.6. The quantitative estimate of drug-likeness (QED) is 0.792. The van der Waals surface area contributed by atoms with Crippen LogP contribution in [0.15, 0.2) is 18.2 Å². The number of carbonyl (C=O) groups excluding carboxylic acids is 1. The molecule has 0 fully saturated rings. The van der Waals surface area contributed by atoms with Crippen LogP contribution in [-0.2, 0) is 0 Å². The van der Waals surface area contributed by atoms with Gasteiger partial charge in [-0.1, -0.05) is 6.07 Å². The summed E-state index contributed by atoms with van der Waals surface area (Å²) < 4.78 is 0. The smallest absolute Gasteiger partial charge is 0.251 e. The molecule has 2 N–H and O–H groups in total. The topological polar surface area (TPSA) is 41.1 Å². The Morgan fingerprint density at radius 3 is 2.60 bits per heavy atom. The van der Waals surface area contributed by atoms with Crippen molar-refractivity contribution in [3.05, 3.63) is 29.3 Å². The van der Waals surface area contributed by atoms with Crippen LogP contribution in [0.2, 0.25) is 0 Å². The van der Waals surface area contributed by atoms with Crippen molar-refractivity contribution >= 4 is 11.6 Å². The Bertz CT molecular complexity index is 347. The minimum absolute atomic E-state index is 0.0170. The lowest BCUT2D eigenvalue weighted by molar-refractivity contribution is 0.0956. The summed E-state index contributed by atoms with van der Waals surface area (Å²) in [6.07, 6.45) is 0. The number of hydrogen-bond acceptors (Lipinski definition) is 2. The standard InChI is InChI=1S/C12H18N2O/c1-4-13-11-8-10(7-6-9(11)3)12(15)14-5-2/h6-8,13H,4-5H2,1-3H3,(H,14,15). The van der Waals surface area contributed by atoms with E-state index >= 15 is 0 Å². The predicted octanol–water partition coefficient (Wildman–Crippen LogP) is 2.18. The molecule has 0 aliphatic rings. The van der Waals surface area contributed by atoms with Gasteiger partial charge in [-0.2, -0.15) is 0 Å². The fourth-order valence-electron chi connectivity index (χ4n) is 1.41. The third kappa shape index (κ3) is 2.98. The van der Waals surface area contributed by atoms with Crippen LogP contribution in [0.4, 0.5) is 5.69 Å². The Morgan fingerprint density at radius 2 is 2.00 bits per heavy atom. The van der Waals surface area contributed by atoms with Crippen molar-refractivity contribution < 1.29 is 4.79 Å². The third-order valence-corrected chi connectivity index (χ3v) is 2.20. The van der Waals surface area contributed by atoms with E-state index in [1.54, 1.807) is 0 Å². The Labute approximate surface area is 90.9 Å². The Morgan fingerprint density at radius 1 is 1.27 bits per heavy atom. The van der Waals surface area contributed by atoms with Gasteiger partial charge in [0.2, 0.25) is 0 Å². The number of benzene rings is 1. The minimum atomic E-state index is -0.0170. The lowest BCUT2D eigenvalue weighted by Crippen LogP contribution is -2.22. The van der Waals surface area contributed by atoms with Crippen molar-refractivity contribution in [2.24, 2.45) is 0 Å². The zero-order valence-electron chi connectivity index (χ0n) is 9.55. The monoisotopic (exact) mass is 206 g/mol. The van der Waals surface area contributed by atoms with Gasteiger partial charge in [-0.3, -0.25) is 4.79 Å². The molecule has 0 aromatic heterocycles. The summed E-state index contributed by atoms with van der Waals surface area (Å²) in [6, 6.07) is 5.70. The van der Waals surface area contributed by atoms with Crippen molar-refractivity contribution in [3.8, 4) is 0 Å². The number of aryl methyl sites for hydroxylation is 1. The summed E-state index contributed by atoms with van der Waals surface area (Å²) in [5.74, 6) is -0.0170. The highest BCUT2D eigenvalue weighted by Gasteiger charge is 2.06. The first-order chi connectivity index (χ1) is 7.19. The highest BCUT2D eigenvalue weighted by atomic mass is 16.1. The van der Waals surface area contributed by atoms with Crippen molar-refractivity contribution in [1.82, 2.24) is 5.32 Å². The van der Waals surface area contributed by atoms with Gasteiger partial charge in [-0.25, -0.2) is 0 Å². The second-order valence-corrected chi connectivity index (χ2v) is 3.42. The summed E-state index contributed by atoms with van der Waals surface area (Å²) >= 11 is 0. The summed E-state index contributed by atoms with van der Waals surface area (Å²) in [5.41, 5.74) is 2.89. The molecule has 82 valence electrons. The lowest BCUT2D eigenvalue weighted by Gasteiger charge is -2.09. The van der Waals surface area contributed by atoms with Crippen LogP contribution in [0.5, 0.6) is 0 Å². The second-order valence-electron chi connectivity index (χ2n) is 3.42. The second kappa shape index (κ2) is 5.39. The van der Waals surface area contributed by atoms with Crippen molar-refractivity contribution in [2.75, 3.05) is 18.4 Å². The van der Waals surface area contributed by atoms with Gasteiger partial charge in [0.25, 0.3) is 5.91 Å². The highest BCUT2D eigenvalue weighted by Crippen LogP contribution is 2.16. The SMILES string of the molecule is CCNC(=O)c1ccc(C)c(NCC)c1. The summed E-state index contributed by atoms with van der Waals surface area (Å²) in [4.78, 5) is 11.6. The molecule has 1 aromatic rings. The van der Waals surface area contributed by atoms with E-state index < -0.39 is 0 Å². The van der Waals surface area contributed by atoms with Gasteiger partial charge in [-0.05, 0) is 38.5 Å². The van der Waals surface area contributed by atoms with E-state index in [9.17, 15) is 4.79 Å². The first-order valence-corrected chi connectivity index (χ1v) is 5.31. The first kappa shape index (κ1) is 11.6. The summed E-state index contributed by atoms with van der Waals surface area (Å²) in [7, 11) is 0. The molecular formula is C12H18N2O. The van der Waals surface area contributed by atoms with Gasteiger partial charge in [0.05, 0.1) is 0 Å². The van der Waals surface area contributed by atoms with E-state index in [2.05, 4.69) is 10.6 Å². The van der Waals surface area contributed by atoms with Crippen LogP contribution in [0.1, 0.15) is 29.8 Å². The molecule has 1 rings (SSSR count). The Hall–Kier alpha value is -1.51. The van der Waals surface area contributed by atoms with E-state index in [1.165, 1.54) is 0 Å². The van der Waals surface area contributed by atoms with Gasteiger partial charge >= 0.3 is 0 Å². The fourth-order valence-corrected chi connectivity index (χ4v) is 1.41. The Kier molecular flexibility index (Phi) is 4.16. The molecule has 1 aromatic carbocycles. The average Bonchev–Trinajstić information content (AvgIpc) is 2.22. The number of carbonyl (C=O) groups is 1. The molecule has 0 heterocycles. The van der Waals surface area contributed by atoms with E-state index in [-0.39, 0.29) is 5.91 Å². The van der Waals surface area contributed by atoms with Crippen LogP contribution < -0.4 is 10.6 Å². The molecule has 0 spiro atoms. The van der Waals surface area contributed by atoms with Gasteiger partial charge in [0.15, 0.2) is 0 Å². The van der Waals surface area contributed by atoms with E-state index in [0.29, 0.717) is 12.1 Å². The zero-order chi connectivity index (χ0) is 11.3. The maximum atomic E-state index is 11.6. The normalized spacial score (nSPS) is 9.80. The molecule has 0 aliphatic carbocycles. The molecule has 3 heteroatoms. The maximum Gasteiger partial charge on any atom is 0.251 e. The fraction of sp³-hybridized carbons (Fsp3) is 0.417. The van der Waals surface area contributed by atoms with Gasteiger partial charge in [0, 0.05) is 24.3 Å². The summed E-state index contributed by atoms with van der Waals surface area (Å²) in [5, 5.41) is 6.02. The molecular weight excluding hydrogens is 188 g/mol. The molecule has 0 radical (unpaired) electrons. The Balaban J connectivity index is 2.91. The van der Waals surface area contributed by atoms with Crippen molar-refractivity contribution in [1.29, 1.82) is 0 Å². The molecule has 0 atom stereocenters. The largest absolute Gasteiger partial charge is 0.385 e. The van der Waals surface area contributed by atoms with Crippen LogP contribution >= 0.6 is 0 Å². The minimum Gasteiger partial charge on any atom is -0.385 e. The van der Waals surface area contributed by atoms with E-state index in [4.69, 9.17) is 0 Å².